The molecule has 0 unspecified atom stereocenters. The van der Waals surface area contributed by atoms with Crippen LogP contribution in [0.25, 0.3) is 0 Å². The van der Waals surface area contributed by atoms with Crippen LogP contribution in [0.15, 0.2) is 53.4 Å². The van der Waals surface area contributed by atoms with E-state index in [1.165, 1.54) is 22.6 Å². The highest BCUT2D eigenvalue weighted by Crippen LogP contribution is 2.36. The summed E-state index contributed by atoms with van der Waals surface area (Å²) in [6.07, 6.45) is -4.75. The van der Waals surface area contributed by atoms with Crippen molar-refractivity contribution in [2.24, 2.45) is 5.92 Å². The lowest BCUT2D eigenvalue weighted by atomic mass is 9.92. The quantitative estimate of drug-likeness (QED) is 0.664. The summed E-state index contributed by atoms with van der Waals surface area (Å²) in [5, 5.41) is 3.19. The Morgan fingerprint density at radius 3 is 2.06 bits per heavy atom. The minimum Gasteiger partial charge on any atom is -0.315 e. The molecule has 10 heteroatoms. The lowest BCUT2D eigenvalue weighted by Gasteiger charge is -2.33. The highest BCUT2D eigenvalue weighted by atomic mass is 32.2. The Hall–Kier alpha value is -2.43. The fourth-order valence-corrected chi connectivity index (χ4v) is 4.03. The van der Waals surface area contributed by atoms with Gasteiger partial charge in [0.25, 0.3) is 10.1 Å². The van der Waals surface area contributed by atoms with Crippen molar-refractivity contribution in [1.82, 2.24) is 5.32 Å². The van der Waals surface area contributed by atoms with Gasteiger partial charge in [-0.2, -0.15) is 21.6 Å². The molecule has 2 aliphatic heterocycles. The lowest BCUT2D eigenvalue weighted by Crippen LogP contribution is -2.43. The number of carbonyl (C=O) groups excluding carboxylic acids is 1. The molecule has 174 valence electrons. The summed E-state index contributed by atoms with van der Waals surface area (Å²) in [4.78, 5) is 13.4. The third-order valence-electron chi connectivity index (χ3n) is 5.66. The van der Waals surface area contributed by atoms with Crippen LogP contribution >= 0.6 is 0 Å². The predicted octanol–water partition coefficient (Wildman–Crippen LogP) is 3.92. The number of nitrogens with one attached hydrogen (secondary N) is 1. The number of rotatable bonds is 3. The number of hydrogen-bond acceptors (Lipinski definition) is 4. The predicted molar refractivity (Wildman–Crippen MR) is 114 cm³/mol. The molecule has 1 atom stereocenters. The summed E-state index contributed by atoms with van der Waals surface area (Å²) < 4.78 is 67.5. The molecular weight excluding hydrogens is 445 g/mol. The van der Waals surface area contributed by atoms with E-state index in [4.69, 9.17) is 4.55 Å². The molecule has 2 aliphatic rings. The molecule has 2 aromatic carbocycles. The lowest BCUT2D eigenvalue weighted by molar-refractivity contribution is -0.182. The number of alkyl halides is 3. The molecule has 0 bridgehead atoms. The number of anilines is 1. The number of amides is 1. The van der Waals surface area contributed by atoms with Crippen LogP contribution in [0.4, 0.5) is 18.9 Å². The topological polar surface area (TPSA) is 86.7 Å². The number of halogens is 3. The summed E-state index contributed by atoms with van der Waals surface area (Å²) in [5.74, 6) is -1.44. The summed E-state index contributed by atoms with van der Waals surface area (Å²) in [7, 11) is -4.02. The first-order valence-electron chi connectivity index (χ1n) is 10.2. The summed E-state index contributed by atoms with van der Waals surface area (Å²) in [5.41, 5.74) is 2.85. The van der Waals surface area contributed by atoms with Gasteiger partial charge < -0.3 is 10.2 Å². The largest absolute Gasteiger partial charge is 0.392 e. The number of aryl methyl sites for hydroxylation is 1. The highest BCUT2D eigenvalue weighted by Gasteiger charge is 2.44. The SMILES string of the molecule is Cc1ccc(S(=O)(=O)O)cc1.O=C1C[C@H](C(F)(F)F)CCN1c1ccc(C2CNC2)cc1. The van der Waals surface area contributed by atoms with Gasteiger partial charge in [0.15, 0.2) is 0 Å². The smallest absolute Gasteiger partial charge is 0.315 e. The van der Waals surface area contributed by atoms with Crippen molar-refractivity contribution in [3.05, 3.63) is 59.7 Å². The van der Waals surface area contributed by atoms with Crippen LogP contribution < -0.4 is 10.2 Å². The molecular formula is C22H25F3N2O4S. The summed E-state index contributed by atoms with van der Waals surface area (Å²) >= 11 is 0. The van der Waals surface area contributed by atoms with E-state index >= 15 is 0 Å². The van der Waals surface area contributed by atoms with Gasteiger partial charge >= 0.3 is 6.18 Å². The maximum atomic E-state index is 12.7. The Balaban J connectivity index is 0.000000222. The molecule has 2 aromatic rings. The summed E-state index contributed by atoms with van der Waals surface area (Å²) in [6.45, 7) is 3.88. The molecule has 0 saturated carbocycles. The fraction of sp³-hybridized carbons (Fsp3) is 0.409. The highest BCUT2D eigenvalue weighted by molar-refractivity contribution is 7.85. The van der Waals surface area contributed by atoms with Crippen LogP contribution in [0.5, 0.6) is 0 Å². The Morgan fingerprint density at radius 2 is 1.62 bits per heavy atom. The van der Waals surface area contributed by atoms with Gasteiger partial charge in [-0.1, -0.05) is 29.8 Å². The first-order valence-corrected chi connectivity index (χ1v) is 11.6. The zero-order chi connectivity index (χ0) is 23.5. The monoisotopic (exact) mass is 470 g/mol. The first kappa shape index (κ1) is 24.2. The van der Waals surface area contributed by atoms with Gasteiger partial charge in [-0.25, -0.2) is 0 Å². The second kappa shape index (κ2) is 9.60. The zero-order valence-corrected chi connectivity index (χ0v) is 18.3. The molecule has 0 spiro atoms. The fourth-order valence-electron chi connectivity index (χ4n) is 3.55. The Kier molecular flexibility index (Phi) is 7.26. The second-order valence-electron chi connectivity index (χ2n) is 8.01. The van der Waals surface area contributed by atoms with Gasteiger partial charge in [0.1, 0.15) is 0 Å². The van der Waals surface area contributed by atoms with Crippen LogP contribution in [0.1, 0.15) is 29.9 Å². The van der Waals surface area contributed by atoms with Crippen LogP contribution in [0, 0.1) is 12.8 Å². The number of nitrogens with zero attached hydrogens (tertiary/aromatic N) is 1. The number of hydrogen-bond donors (Lipinski definition) is 2. The molecule has 1 amide bonds. The van der Waals surface area contributed by atoms with Crippen molar-refractivity contribution < 1.29 is 30.9 Å². The van der Waals surface area contributed by atoms with Crippen molar-refractivity contribution in [3.63, 3.8) is 0 Å². The average molecular weight is 471 g/mol. The van der Waals surface area contributed by atoms with Crippen LogP contribution in [-0.2, 0) is 14.9 Å². The van der Waals surface area contributed by atoms with Gasteiger partial charge in [0.2, 0.25) is 5.91 Å². The molecule has 2 saturated heterocycles. The molecule has 0 aromatic heterocycles. The van der Waals surface area contributed by atoms with Gasteiger partial charge in [-0.3, -0.25) is 9.35 Å². The van der Waals surface area contributed by atoms with Gasteiger partial charge in [-0.15, -0.1) is 0 Å². The molecule has 2 N–H and O–H groups in total. The number of carbonyl (C=O) groups is 1. The van der Waals surface area contributed by atoms with E-state index in [1.54, 1.807) is 12.1 Å². The molecule has 4 rings (SSSR count). The van der Waals surface area contributed by atoms with Gasteiger partial charge in [0, 0.05) is 37.7 Å². The first-order chi connectivity index (χ1) is 14.9. The third kappa shape index (κ3) is 6.08. The van der Waals surface area contributed by atoms with Crippen LogP contribution in [-0.4, -0.2) is 44.7 Å². The minimum absolute atomic E-state index is 0.0243. The average Bonchev–Trinajstić information content (AvgIpc) is 2.67. The van der Waals surface area contributed by atoms with E-state index in [-0.39, 0.29) is 17.9 Å². The van der Waals surface area contributed by atoms with E-state index in [1.807, 2.05) is 31.2 Å². The normalized spacial score (nSPS) is 19.7. The number of benzene rings is 2. The van der Waals surface area contributed by atoms with Gasteiger partial charge in [0.05, 0.1) is 10.8 Å². The Labute approximate surface area is 185 Å². The Bertz CT molecular complexity index is 1030. The zero-order valence-electron chi connectivity index (χ0n) is 17.5. The maximum Gasteiger partial charge on any atom is 0.392 e. The van der Waals surface area contributed by atoms with E-state index in [9.17, 15) is 26.4 Å². The molecule has 32 heavy (non-hydrogen) atoms. The molecule has 6 nitrogen and oxygen atoms in total. The van der Waals surface area contributed by atoms with E-state index in [2.05, 4.69) is 5.32 Å². The van der Waals surface area contributed by atoms with Crippen LogP contribution in [0.2, 0.25) is 0 Å². The van der Waals surface area contributed by atoms with Crippen LogP contribution in [0.3, 0.4) is 0 Å². The number of piperidine rings is 1. The molecule has 2 fully saturated rings. The summed E-state index contributed by atoms with van der Waals surface area (Å²) in [6, 6.07) is 13.6. The third-order valence-corrected chi connectivity index (χ3v) is 6.53. The molecule has 2 heterocycles. The van der Waals surface area contributed by atoms with Crippen molar-refractivity contribution in [2.75, 3.05) is 24.5 Å². The van der Waals surface area contributed by atoms with Crippen molar-refractivity contribution in [1.29, 1.82) is 0 Å². The Morgan fingerprint density at radius 1 is 1.03 bits per heavy atom. The van der Waals surface area contributed by atoms with Gasteiger partial charge in [-0.05, 0) is 43.2 Å². The molecule has 0 radical (unpaired) electrons. The minimum atomic E-state index is -4.27. The standard InChI is InChI=1S/C15H17F3N2O.C7H8O3S/c16-15(17,18)12-5-6-20(14(21)7-12)13-3-1-10(2-4-13)11-8-19-9-11;1-6-2-4-7(5-3-6)11(8,9)10/h1-4,11-12,19H,5-9H2;2-5H,1H3,(H,8,9,10)/t12-;/m1./s1. The van der Waals surface area contributed by atoms with E-state index < -0.39 is 34.5 Å². The van der Waals surface area contributed by atoms with Crippen molar-refractivity contribution in [2.45, 2.75) is 36.8 Å². The van der Waals surface area contributed by atoms with Crippen molar-refractivity contribution in [3.8, 4) is 0 Å². The maximum absolute atomic E-state index is 12.7. The van der Waals surface area contributed by atoms with Crippen molar-refractivity contribution >= 4 is 21.7 Å². The van der Waals surface area contributed by atoms with E-state index in [0.717, 1.165) is 18.7 Å². The molecule has 0 aliphatic carbocycles. The van der Waals surface area contributed by atoms with E-state index in [0.29, 0.717) is 11.6 Å². The second-order valence-corrected chi connectivity index (χ2v) is 9.43.